The van der Waals surface area contributed by atoms with Crippen LogP contribution in [0.2, 0.25) is 36.3 Å². The Balaban J connectivity index is 3.75. The maximum absolute atomic E-state index is 13.0. The van der Waals surface area contributed by atoms with Crippen LogP contribution in [0, 0.1) is 0 Å². The second-order valence-corrected chi connectivity index (χ2v) is 18.3. The zero-order valence-electron chi connectivity index (χ0n) is 19.7. The van der Waals surface area contributed by atoms with Gasteiger partial charge in [0.1, 0.15) is 5.75 Å². The summed E-state index contributed by atoms with van der Waals surface area (Å²) < 4.78 is 6.30. The summed E-state index contributed by atoms with van der Waals surface area (Å²) in [5, 5.41) is 2.76. The predicted octanol–water partition coefficient (Wildman–Crippen LogP) is 5.96. The van der Waals surface area contributed by atoms with Crippen LogP contribution in [0.5, 0.6) is 5.75 Å². The van der Waals surface area contributed by atoms with Crippen molar-refractivity contribution in [3.05, 3.63) is 18.2 Å². The van der Waals surface area contributed by atoms with Crippen LogP contribution >= 0.6 is 0 Å². The minimum Gasteiger partial charge on any atom is -0.410 e. The zero-order valence-corrected chi connectivity index (χ0v) is 21.7. The van der Waals surface area contributed by atoms with E-state index in [1.807, 2.05) is 13.8 Å². The molecule has 0 aliphatic rings. The Hall–Kier alpha value is -1.08. The molecule has 0 unspecified atom stereocenters. The highest BCUT2D eigenvalue weighted by atomic mass is 28.3. The Morgan fingerprint density at radius 1 is 0.750 bits per heavy atom. The van der Waals surface area contributed by atoms with Crippen molar-refractivity contribution in [3.8, 4) is 5.75 Å². The highest BCUT2D eigenvalue weighted by Crippen LogP contribution is 2.29. The summed E-state index contributed by atoms with van der Waals surface area (Å²) in [5.74, 6) is 0.953. The fraction of sp³-hybridized carbons (Fsp3) is 0.696. The maximum Gasteiger partial charge on any atom is 0.415 e. The number of benzene rings is 1. The molecule has 0 aliphatic heterocycles. The molecule has 1 aromatic carbocycles. The SMILES string of the molecule is CCN(CC)C(=O)Oc1c([Si](CC)(CC)CC)cccc1[Si](CC)(CC)CC. The molecule has 28 heavy (non-hydrogen) atoms. The van der Waals surface area contributed by atoms with E-state index >= 15 is 0 Å². The van der Waals surface area contributed by atoms with Gasteiger partial charge in [0.15, 0.2) is 0 Å². The summed E-state index contributed by atoms with van der Waals surface area (Å²) in [6, 6.07) is 13.9. The molecule has 0 atom stereocenters. The van der Waals surface area contributed by atoms with E-state index in [1.54, 1.807) is 4.90 Å². The van der Waals surface area contributed by atoms with Crippen molar-refractivity contribution in [2.24, 2.45) is 0 Å². The first kappa shape index (κ1) is 25.0. The largest absolute Gasteiger partial charge is 0.415 e. The molecular formula is C23H43NO2Si2. The average Bonchev–Trinajstić information content (AvgIpc) is 2.73. The van der Waals surface area contributed by atoms with E-state index in [2.05, 4.69) is 59.7 Å². The number of nitrogens with zero attached hydrogens (tertiary/aromatic N) is 1. The van der Waals surface area contributed by atoms with Crippen LogP contribution in [-0.2, 0) is 0 Å². The molecule has 160 valence electrons. The quantitative estimate of drug-likeness (QED) is 0.413. The van der Waals surface area contributed by atoms with E-state index < -0.39 is 16.1 Å². The number of rotatable bonds is 11. The Bertz CT molecular complexity index is 566. The van der Waals surface area contributed by atoms with E-state index in [0.29, 0.717) is 13.1 Å². The number of carbonyl (C=O) groups is 1. The van der Waals surface area contributed by atoms with Gasteiger partial charge in [0.05, 0.1) is 16.1 Å². The Morgan fingerprint density at radius 3 is 1.39 bits per heavy atom. The van der Waals surface area contributed by atoms with Gasteiger partial charge in [-0.15, -0.1) is 0 Å². The van der Waals surface area contributed by atoms with Crippen molar-refractivity contribution in [3.63, 3.8) is 0 Å². The first-order chi connectivity index (χ1) is 13.4. The molecule has 1 amide bonds. The number of ether oxygens (including phenoxy) is 1. The summed E-state index contributed by atoms with van der Waals surface area (Å²) in [6.07, 6.45) is -0.184. The van der Waals surface area contributed by atoms with Crippen LogP contribution in [0.25, 0.3) is 0 Å². The van der Waals surface area contributed by atoms with E-state index in [0.717, 1.165) is 5.75 Å². The van der Waals surface area contributed by atoms with Gasteiger partial charge < -0.3 is 9.64 Å². The van der Waals surface area contributed by atoms with Crippen molar-refractivity contribution in [1.29, 1.82) is 0 Å². The van der Waals surface area contributed by atoms with Crippen molar-refractivity contribution < 1.29 is 9.53 Å². The lowest BCUT2D eigenvalue weighted by molar-refractivity contribution is 0.158. The van der Waals surface area contributed by atoms with Crippen LogP contribution in [0.1, 0.15) is 55.4 Å². The summed E-state index contributed by atoms with van der Waals surface area (Å²) in [6.45, 7) is 19.4. The lowest BCUT2D eigenvalue weighted by Gasteiger charge is -2.36. The van der Waals surface area contributed by atoms with Gasteiger partial charge in [0.25, 0.3) is 0 Å². The van der Waals surface area contributed by atoms with Gasteiger partial charge in [-0.25, -0.2) is 4.79 Å². The van der Waals surface area contributed by atoms with Gasteiger partial charge in [0.2, 0.25) is 0 Å². The summed E-state index contributed by atoms with van der Waals surface area (Å²) >= 11 is 0. The van der Waals surface area contributed by atoms with Crippen molar-refractivity contribution in [2.75, 3.05) is 13.1 Å². The molecule has 0 saturated carbocycles. The van der Waals surface area contributed by atoms with Gasteiger partial charge in [-0.3, -0.25) is 0 Å². The van der Waals surface area contributed by atoms with Crippen LogP contribution < -0.4 is 15.1 Å². The second kappa shape index (κ2) is 11.2. The fourth-order valence-electron chi connectivity index (χ4n) is 4.76. The monoisotopic (exact) mass is 421 g/mol. The van der Waals surface area contributed by atoms with Gasteiger partial charge in [-0.2, -0.15) is 0 Å². The molecule has 0 aromatic heterocycles. The molecule has 5 heteroatoms. The lowest BCUT2D eigenvalue weighted by Crippen LogP contribution is -2.54. The van der Waals surface area contributed by atoms with Crippen molar-refractivity contribution in [1.82, 2.24) is 4.90 Å². The molecule has 1 aromatic rings. The molecule has 0 aliphatic carbocycles. The normalized spacial score (nSPS) is 12.1. The topological polar surface area (TPSA) is 29.5 Å². The van der Waals surface area contributed by atoms with E-state index in [-0.39, 0.29) is 6.09 Å². The molecule has 0 radical (unpaired) electrons. The Morgan fingerprint density at radius 2 is 1.11 bits per heavy atom. The molecule has 1 rings (SSSR count). The number of hydrogen-bond acceptors (Lipinski definition) is 2. The predicted molar refractivity (Wildman–Crippen MR) is 129 cm³/mol. The number of para-hydroxylation sites is 1. The Labute approximate surface area is 175 Å². The van der Waals surface area contributed by atoms with Crippen LogP contribution in [-0.4, -0.2) is 40.2 Å². The summed E-state index contributed by atoms with van der Waals surface area (Å²) in [5.41, 5.74) is 0. The minimum absolute atomic E-state index is 0.184. The molecule has 0 spiro atoms. The van der Waals surface area contributed by atoms with Crippen LogP contribution in [0.4, 0.5) is 4.79 Å². The number of hydrogen-bond donors (Lipinski definition) is 0. The van der Waals surface area contributed by atoms with E-state index in [4.69, 9.17) is 4.74 Å². The molecule has 0 fully saturated rings. The van der Waals surface area contributed by atoms with Crippen LogP contribution in [0.3, 0.4) is 0 Å². The molecule has 0 N–H and O–H groups in total. The highest BCUT2D eigenvalue weighted by molar-refractivity contribution is 6.95. The molecule has 3 nitrogen and oxygen atoms in total. The smallest absolute Gasteiger partial charge is 0.410 e. The van der Waals surface area contributed by atoms with Gasteiger partial charge >= 0.3 is 6.09 Å². The molecule has 0 saturated heterocycles. The van der Waals surface area contributed by atoms with Crippen molar-refractivity contribution >= 4 is 32.6 Å². The molecule has 0 heterocycles. The summed E-state index contributed by atoms with van der Waals surface area (Å²) in [7, 11) is -3.36. The molecular weight excluding hydrogens is 378 g/mol. The fourth-order valence-corrected chi connectivity index (χ4v) is 12.4. The third kappa shape index (κ3) is 4.73. The average molecular weight is 422 g/mol. The first-order valence-corrected chi connectivity index (χ1v) is 16.7. The minimum atomic E-state index is -1.68. The third-order valence-electron chi connectivity index (χ3n) is 7.43. The Kier molecular flexibility index (Phi) is 9.98. The molecule has 0 bridgehead atoms. The third-order valence-corrected chi connectivity index (χ3v) is 18.6. The second-order valence-electron chi connectivity index (χ2n) is 7.90. The van der Waals surface area contributed by atoms with Gasteiger partial charge in [-0.05, 0) is 24.2 Å². The van der Waals surface area contributed by atoms with Gasteiger partial charge in [-0.1, -0.05) is 96.0 Å². The lowest BCUT2D eigenvalue weighted by atomic mass is 10.3. The standard InChI is InChI=1S/C23H43NO2Si2/c1-9-24(10-2)23(25)26-22-20(27(11-3,12-4)13-5)18-17-19-21(22)28(14-6,15-7)16-8/h17-19H,9-16H2,1-8H3. The highest BCUT2D eigenvalue weighted by Gasteiger charge is 2.39. The van der Waals surface area contributed by atoms with Gasteiger partial charge in [0, 0.05) is 13.1 Å². The van der Waals surface area contributed by atoms with Crippen LogP contribution in [0.15, 0.2) is 18.2 Å². The maximum atomic E-state index is 13.0. The van der Waals surface area contributed by atoms with E-state index in [1.165, 1.54) is 46.6 Å². The number of amides is 1. The zero-order chi connectivity index (χ0) is 21.4. The van der Waals surface area contributed by atoms with Crippen molar-refractivity contribution in [2.45, 2.75) is 91.7 Å². The first-order valence-electron chi connectivity index (χ1n) is 11.5. The number of carbonyl (C=O) groups excluding carboxylic acids is 1. The summed E-state index contributed by atoms with van der Waals surface area (Å²) in [4.78, 5) is 14.8. The van der Waals surface area contributed by atoms with E-state index in [9.17, 15) is 4.79 Å².